The molecule has 6 aromatic rings. The summed E-state index contributed by atoms with van der Waals surface area (Å²) in [5.41, 5.74) is 32.7. The number of ether oxygens (including phenoxy) is 4. The van der Waals surface area contributed by atoms with E-state index in [9.17, 15) is 48.3 Å². The summed E-state index contributed by atoms with van der Waals surface area (Å²) in [5, 5.41) is 22.3. The van der Waals surface area contributed by atoms with Gasteiger partial charge in [0.05, 0.1) is 74.9 Å². The number of carbonyl (C=O) groups excluding carboxylic acids is 8. The van der Waals surface area contributed by atoms with Crippen molar-refractivity contribution in [3.8, 4) is 23.0 Å². The first kappa shape index (κ1) is 74.7. The maximum absolute atomic E-state index is 14.5. The Hall–Kier alpha value is -9.33. The Labute approximate surface area is 553 Å². The molecule has 1 heterocycles. The zero-order valence-electron chi connectivity index (χ0n) is 54.7. The number of ketones is 4. The number of carbonyl (C=O) groups is 9. The molecule has 510 valence electrons. The summed E-state index contributed by atoms with van der Waals surface area (Å²) in [6.45, 7) is 1.51. The molecule has 5 aromatic carbocycles. The van der Waals surface area contributed by atoms with Gasteiger partial charge in [-0.2, -0.15) is 0 Å². The van der Waals surface area contributed by atoms with E-state index in [0.717, 1.165) is 17.3 Å². The number of unbranched alkanes of at least 4 members (excludes halogenated alkanes) is 4. The van der Waals surface area contributed by atoms with E-state index < -0.39 is 71.4 Å². The summed E-state index contributed by atoms with van der Waals surface area (Å²) in [4.78, 5) is 128. The predicted octanol–water partition coefficient (Wildman–Crippen LogP) is 5.31. The number of benzene rings is 5. The van der Waals surface area contributed by atoms with Crippen molar-refractivity contribution in [2.24, 2.45) is 28.7 Å². The number of amides is 4. The number of aliphatic carboxylic acids is 1. The highest BCUT2D eigenvalue weighted by atomic mass is 16.5. The van der Waals surface area contributed by atoms with Crippen molar-refractivity contribution in [3.63, 3.8) is 0 Å². The Morgan fingerprint density at radius 3 is 1.06 bits per heavy atom. The van der Waals surface area contributed by atoms with Crippen LogP contribution in [0.2, 0.25) is 0 Å². The summed E-state index contributed by atoms with van der Waals surface area (Å²) in [6.07, 6.45) is 6.64. The maximum Gasteiger partial charge on any atom is 0.326 e. The lowest BCUT2D eigenvalue weighted by Crippen LogP contribution is -2.42. The third kappa shape index (κ3) is 21.9. The monoisotopic (exact) mass is 1310 g/mol. The molecule has 0 saturated heterocycles. The van der Waals surface area contributed by atoms with Crippen LogP contribution in [-0.2, 0) is 56.1 Å². The van der Waals surface area contributed by atoms with Gasteiger partial charge in [0.25, 0.3) is 23.6 Å². The number of carboxylic acid groups (broad SMARTS) is 1. The van der Waals surface area contributed by atoms with Crippen LogP contribution in [0.5, 0.6) is 23.0 Å². The highest BCUT2D eigenvalue weighted by Crippen LogP contribution is 2.28. The van der Waals surface area contributed by atoms with E-state index in [1.54, 1.807) is 42.6 Å². The zero-order valence-corrected chi connectivity index (χ0v) is 54.7. The molecule has 16 N–H and O–H groups in total. The first-order valence-corrected chi connectivity index (χ1v) is 32.2. The second-order valence-electron chi connectivity index (χ2n) is 23.5. The molecule has 0 aliphatic heterocycles. The van der Waals surface area contributed by atoms with Gasteiger partial charge in [0.1, 0.15) is 29.0 Å². The van der Waals surface area contributed by atoms with Gasteiger partial charge < -0.3 is 79.0 Å². The van der Waals surface area contributed by atoms with Crippen molar-refractivity contribution < 1.29 is 67.2 Å². The third-order valence-corrected chi connectivity index (χ3v) is 16.6. The summed E-state index contributed by atoms with van der Waals surface area (Å²) in [6, 6.07) is 21.0. The van der Waals surface area contributed by atoms with Crippen LogP contribution in [0, 0.1) is 0 Å². The highest BCUT2D eigenvalue weighted by Gasteiger charge is 2.30. The second-order valence-corrected chi connectivity index (χ2v) is 23.5. The average Bonchev–Trinajstić information content (AvgIpc) is 1.78. The largest absolute Gasteiger partial charge is 0.496 e. The van der Waals surface area contributed by atoms with Gasteiger partial charge >= 0.3 is 5.97 Å². The van der Waals surface area contributed by atoms with Gasteiger partial charge in [-0.3, -0.25) is 38.4 Å². The molecule has 0 aliphatic rings. The Balaban J connectivity index is 1.16. The fourth-order valence-electron chi connectivity index (χ4n) is 11.2. The molecule has 0 spiro atoms. The molecule has 95 heavy (non-hydrogen) atoms. The van der Waals surface area contributed by atoms with Crippen molar-refractivity contribution in [2.75, 3.05) is 54.6 Å². The lowest BCUT2D eigenvalue weighted by atomic mass is 9.95. The second kappa shape index (κ2) is 38.1. The SMILES string of the molecule is COc1ccc(CC(=O)[C@H](CCCCN)NC(=O)c2cc(CC(=O)[C@H](CCCCN)NC(=O)c3cc(CC(=O)[C@H](CCCCN)NC(=O)c4cc(CC(=O)[C@@H](N)CCCCN)ccc4OC)ccc3OC)ccc2OC)cc1C(=O)N[C@@H](Cc1c[nH]c2ccccc12)C(=O)O. The van der Waals surface area contributed by atoms with Crippen molar-refractivity contribution in [2.45, 2.75) is 139 Å². The van der Waals surface area contributed by atoms with Gasteiger partial charge in [-0.25, -0.2) is 4.79 Å². The van der Waals surface area contributed by atoms with Crippen LogP contribution >= 0.6 is 0 Å². The quantitative estimate of drug-likeness (QED) is 0.0216. The molecule has 0 bridgehead atoms. The number of methoxy groups -OCH3 is 4. The molecule has 24 heteroatoms. The van der Waals surface area contributed by atoms with E-state index in [4.69, 9.17) is 47.6 Å². The van der Waals surface area contributed by atoms with Gasteiger partial charge in [-0.05, 0) is 179 Å². The molecular formula is C71H92N10O14. The molecule has 0 unspecified atom stereocenters. The molecule has 0 saturated carbocycles. The van der Waals surface area contributed by atoms with Crippen molar-refractivity contribution in [1.82, 2.24) is 26.3 Å². The van der Waals surface area contributed by atoms with Crippen LogP contribution in [0.15, 0.2) is 103 Å². The molecule has 24 nitrogen and oxygen atoms in total. The number of H-pyrrole nitrogens is 1. The van der Waals surface area contributed by atoms with E-state index in [2.05, 4.69) is 26.3 Å². The summed E-state index contributed by atoms with van der Waals surface area (Å²) >= 11 is 0. The minimum absolute atomic E-state index is 0.00327. The number of hydrogen-bond acceptors (Lipinski definition) is 18. The minimum atomic E-state index is -1.32. The molecular weight excluding hydrogens is 1220 g/mol. The van der Waals surface area contributed by atoms with Crippen molar-refractivity contribution >= 4 is 63.6 Å². The number of aromatic nitrogens is 1. The fraction of sp³-hybridized carbons (Fsp3) is 0.423. The summed E-state index contributed by atoms with van der Waals surface area (Å²) in [5.74, 6) is -4.63. The molecule has 1 aromatic heterocycles. The van der Waals surface area contributed by atoms with E-state index >= 15 is 0 Å². The van der Waals surface area contributed by atoms with Crippen LogP contribution < -0.4 is 68.9 Å². The Kier molecular flexibility index (Phi) is 30.0. The first-order valence-electron chi connectivity index (χ1n) is 32.2. The van der Waals surface area contributed by atoms with Gasteiger partial charge in [0, 0.05) is 49.2 Å². The molecule has 4 amide bonds. The van der Waals surface area contributed by atoms with E-state index in [0.29, 0.717) is 105 Å². The molecule has 6 rings (SSSR count). The van der Waals surface area contributed by atoms with Crippen molar-refractivity contribution in [3.05, 3.63) is 153 Å². The highest BCUT2D eigenvalue weighted by molar-refractivity contribution is 6.04. The first-order chi connectivity index (χ1) is 45.8. The zero-order chi connectivity index (χ0) is 69.0. The van der Waals surface area contributed by atoms with E-state index in [1.165, 1.54) is 64.8 Å². The number of carboxylic acids is 1. The van der Waals surface area contributed by atoms with Gasteiger partial charge in [0.15, 0.2) is 23.1 Å². The lowest BCUT2D eigenvalue weighted by molar-refractivity contribution is -0.139. The standard InChI is InChI=1S/C71H92N10O14/c1-92-63-25-21-43(37-59(82)53(76)16-7-11-29-72)33-49(63)67(86)78-55(18-8-12-30-73)60(83)38-44-22-26-64(93-2)50(34-44)68(87)79-56(19-9-13-31-74)61(84)39-45-23-27-65(94-3)51(35-45)69(88)80-57(20-10-14-32-75)62(85)40-46-24-28-66(95-4)52(36-46)70(89)81-58(71(90)91)41-47-42-77-54-17-6-5-15-48(47)54/h5-6,15,17,21-28,33-36,42,53,55-58,77H,7-14,16,18-20,29-32,37-41,72-76H2,1-4H3,(H,78,86)(H,79,87)(H,80,88)(H,81,89)(H,90,91)/t53-,55-,56-,57-,58-/m0/s1. The minimum Gasteiger partial charge on any atom is -0.496 e. The van der Waals surface area contributed by atoms with Gasteiger partial charge in [-0.1, -0.05) is 48.9 Å². The van der Waals surface area contributed by atoms with Crippen LogP contribution in [0.1, 0.15) is 146 Å². The predicted molar refractivity (Wildman–Crippen MR) is 361 cm³/mol. The lowest BCUT2D eigenvalue weighted by Gasteiger charge is -2.21. The number of nitrogens with two attached hydrogens (primary N) is 5. The number of aromatic amines is 1. The van der Waals surface area contributed by atoms with Crippen LogP contribution in [-0.4, -0.2) is 148 Å². The summed E-state index contributed by atoms with van der Waals surface area (Å²) in [7, 11) is 5.52. The molecule has 0 fully saturated rings. The van der Waals surface area contributed by atoms with Crippen LogP contribution in [0.3, 0.4) is 0 Å². The number of rotatable bonds is 43. The van der Waals surface area contributed by atoms with Crippen LogP contribution in [0.25, 0.3) is 10.9 Å². The summed E-state index contributed by atoms with van der Waals surface area (Å²) < 4.78 is 22.2. The van der Waals surface area contributed by atoms with Crippen LogP contribution in [0.4, 0.5) is 0 Å². The van der Waals surface area contributed by atoms with Gasteiger partial charge in [0.2, 0.25) is 0 Å². The molecule has 5 atom stereocenters. The molecule has 0 aliphatic carbocycles. The number of fused-ring (bicyclic) bond motifs is 1. The van der Waals surface area contributed by atoms with Gasteiger partial charge in [-0.15, -0.1) is 0 Å². The van der Waals surface area contributed by atoms with E-state index in [1.807, 2.05) is 24.3 Å². The Morgan fingerprint density at radius 1 is 0.421 bits per heavy atom. The smallest absolute Gasteiger partial charge is 0.326 e. The number of Topliss-reactive ketones (excluding diaryl/α,β-unsaturated/α-hetero) is 4. The maximum atomic E-state index is 14.5. The topological polar surface area (TPSA) is 405 Å². The average molecular weight is 1310 g/mol. The third-order valence-electron chi connectivity index (χ3n) is 16.6. The fourth-order valence-corrected chi connectivity index (χ4v) is 11.2. The number of para-hydroxylation sites is 1. The number of hydrogen-bond donors (Lipinski definition) is 11. The Bertz CT molecular complexity index is 3630. The van der Waals surface area contributed by atoms with Crippen molar-refractivity contribution in [1.29, 1.82) is 0 Å². The Morgan fingerprint density at radius 2 is 0.737 bits per heavy atom. The molecule has 0 radical (unpaired) electrons. The normalized spacial score (nSPS) is 12.7. The van der Waals surface area contributed by atoms with E-state index in [-0.39, 0.29) is 108 Å². The number of nitrogens with one attached hydrogen (secondary N) is 5.